The van der Waals surface area contributed by atoms with Crippen molar-refractivity contribution in [3.63, 3.8) is 0 Å². The molecule has 4 nitrogen and oxygen atoms in total. The maximum absolute atomic E-state index is 13.0. The maximum atomic E-state index is 13.0. The van der Waals surface area contributed by atoms with E-state index in [1.54, 1.807) is 30.3 Å². The Morgan fingerprint density at radius 2 is 1.88 bits per heavy atom. The van der Waals surface area contributed by atoms with Gasteiger partial charge < -0.3 is 0 Å². The molecule has 25 heavy (non-hydrogen) atoms. The number of allylic oxidation sites excluding steroid dienone is 1. The molecule has 1 heterocycles. The SMILES string of the molecule is C=CC1(C)CN(S(=O)(=O)c2ccc(C)cc2)C/C1=C(/C#N)C(C)(C)C. The smallest absolute Gasteiger partial charge is 0.207 e. The molecule has 1 aromatic carbocycles. The molecular weight excluding hydrogens is 332 g/mol. The molecule has 0 radical (unpaired) electrons. The quantitative estimate of drug-likeness (QED) is 0.605. The summed E-state index contributed by atoms with van der Waals surface area (Å²) in [6.45, 7) is 14.2. The van der Waals surface area contributed by atoms with Crippen molar-refractivity contribution >= 4 is 10.0 Å². The summed E-state index contributed by atoms with van der Waals surface area (Å²) in [5, 5.41) is 9.68. The van der Waals surface area contributed by atoms with Crippen LogP contribution in [0.25, 0.3) is 0 Å². The van der Waals surface area contributed by atoms with Crippen LogP contribution >= 0.6 is 0 Å². The number of hydrogen-bond donors (Lipinski definition) is 0. The zero-order valence-corrected chi connectivity index (χ0v) is 16.4. The average molecular weight is 359 g/mol. The van der Waals surface area contributed by atoms with Gasteiger partial charge in [-0.05, 0) is 30.0 Å². The van der Waals surface area contributed by atoms with Gasteiger partial charge in [0.15, 0.2) is 0 Å². The topological polar surface area (TPSA) is 61.2 Å². The van der Waals surface area contributed by atoms with Crippen LogP contribution < -0.4 is 0 Å². The van der Waals surface area contributed by atoms with Crippen molar-refractivity contribution in [3.8, 4) is 6.07 Å². The van der Waals surface area contributed by atoms with Crippen LogP contribution in [0.15, 0.2) is 53.0 Å². The van der Waals surface area contributed by atoms with Gasteiger partial charge in [-0.1, -0.05) is 51.5 Å². The second-order valence-corrected chi connectivity index (χ2v) is 9.86. The Kier molecular flexibility index (Phi) is 5.00. The molecule has 1 aliphatic rings. The molecule has 0 aliphatic carbocycles. The summed E-state index contributed by atoms with van der Waals surface area (Å²) in [6, 6.07) is 9.15. The van der Waals surface area contributed by atoms with E-state index < -0.39 is 15.4 Å². The summed E-state index contributed by atoms with van der Waals surface area (Å²) in [5.41, 5.74) is 1.59. The lowest BCUT2D eigenvalue weighted by Crippen LogP contribution is -2.30. The van der Waals surface area contributed by atoms with Gasteiger partial charge in [0.05, 0.1) is 11.0 Å². The second kappa shape index (κ2) is 6.44. The summed E-state index contributed by atoms with van der Waals surface area (Å²) in [6.07, 6.45) is 1.76. The van der Waals surface area contributed by atoms with Crippen LogP contribution in [0.3, 0.4) is 0 Å². The van der Waals surface area contributed by atoms with E-state index in [1.807, 2.05) is 34.6 Å². The third-order valence-electron chi connectivity index (χ3n) is 4.80. The van der Waals surface area contributed by atoms with Gasteiger partial charge in [-0.2, -0.15) is 9.57 Å². The molecule has 2 rings (SSSR count). The lowest BCUT2D eigenvalue weighted by molar-refractivity contribution is 0.427. The molecule has 0 spiro atoms. The highest BCUT2D eigenvalue weighted by molar-refractivity contribution is 7.89. The van der Waals surface area contributed by atoms with Crippen molar-refractivity contribution in [2.75, 3.05) is 13.1 Å². The number of aryl methyl sites for hydroxylation is 1. The molecule has 1 saturated heterocycles. The van der Waals surface area contributed by atoms with Crippen molar-refractivity contribution in [1.29, 1.82) is 5.26 Å². The number of nitrogens with zero attached hydrogens (tertiary/aromatic N) is 2. The molecular formula is C20H26N2O2S. The zero-order valence-electron chi connectivity index (χ0n) is 15.6. The van der Waals surface area contributed by atoms with Crippen LogP contribution in [-0.2, 0) is 10.0 Å². The predicted molar refractivity (Wildman–Crippen MR) is 100 cm³/mol. The van der Waals surface area contributed by atoms with Crippen LogP contribution in [0.1, 0.15) is 33.3 Å². The first-order valence-corrected chi connectivity index (χ1v) is 9.74. The number of hydrogen-bond acceptors (Lipinski definition) is 3. The fourth-order valence-corrected chi connectivity index (χ4v) is 4.66. The highest BCUT2D eigenvalue weighted by Crippen LogP contribution is 2.44. The molecule has 1 aliphatic heterocycles. The van der Waals surface area contributed by atoms with Crippen molar-refractivity contribution in [2.45, 2.75) is 39.5 Å². The number of sulfonamides is 1. The third-order valence-corrected chi connectivity index (χ3v) is 6.61. The highest BCUT2D eigenvalue weighted by Gasteiger charge is 2.44. The van der Waals surface area contributed by atoms with Gasteiger partial charge in [-0.15, -0.1) is 6.58 Å². The molecule has 5 heteroatoms. The fraction of sp³-hybridized carbons (Fsp3) is 0.450. The standard InChI is InChI=1S/C20H26N2O2S/c1-7-20(6)14-22(13-18(20)17(12-21)19(3,4)5)25(23,24)16-10-8-15(2)9-11-16/h7-11H,1,13-14H2,2-6H3/b18-17+. The largest absolute Gasteiger partial charge is 0.243 e. The minimum absolute atomic E-state index is 0.221. The second-order valence-electron chi connectivity index (χ2n) is 7.92. The summed E-state index contributed by atoms with van der Waals surface area (Å²) in [7, 11) is -3.61. The summed E-state index contributed by atoms with van der Waals surface area (Å²) in [4.78, 5) is 0.278. The Labute approximate surface area is 151 Å². The van der Waals surface area contributed by atoms with Crippen LogP contribution in [-0.4, -0.2) is 25.8 Å². The van der Waals surface area contributed by atoms with Gasteiger partial charge >= 0.3 is 0 Å². The van der Waals surface area contributed by atoms with E-state index in [0.717, 1.165) is 11.1 Å². The normalized spacial score (nSPS) is 24.0. The molecule has 134 valence electrons. The number of benzene rings is 1. The molecule has 0 aromatic heterocycles. The van der Waals surface area contributed by atoms with Gasteiger partial charge in [0.25, 0.3) is 0 Å². The molecule has 0 N–H and O–H groups in total. The first kappa shape index (κ1) is 19.4. The molecule has 0 bridgehead atoms. The van der Waals surface area contributed by atoms with Gasteiger partial charge in [0.1, 0.15) is 0 Å². The zero-order chi connectivity index (χ0) is 19.0. The monoisotopic (exact) mass is 358 g/mol. The Balaban J connectivity index is 2.55. The van der Waals surface area contributed by atoms with Crippen LogP contribution in [0, 0.1) is 29.1 Å². The Bertz CT molecular complexity index is 852. The van der Waals surface area contributed by atoms with Crippen LogP contribution in [0.2, 0.25) is 0 Å². The Morgan fingerprint density at radius 1 is 1.32 bits per heavy atom. The van der Waals surface area contributed by atoms with Crippen molar-refractivity contribution in [1.82, 2.24) is 4.31 Å². The van der Waals surface area contributed by atoms with Crippen molar-refractivity contribution in [2.24, 2.45) is 10.8 Å². The molecule has 1 aromatic rings. The first-order chi connectivity index (χ1) is 11.5. The summed E-state index contributed by atoms with van der Waals surface area (Å²) in [5.74, 6) is 0. The third kappa shape index (κ3) is 3.56. The summed E-state index contributed by atoms with van der Waals surface area (Å²) < 4.78 is 27.5. The van der Waals surface area contributed by atoms with E-state index in [0.29, 0.717) is 12.1 Å². The van der Waals surface area contributed by atoms with E-state index in [4.69, 9.17) is 0 Å². The molecule has 0 saturated carbocycles. The summed E-state index contributed by atoms with van der Waals surface area (Å²) >= 11 is 0. The maximum Gasteiger partial charge on any atom is 0.243 e. The number of rotatable bonds is 3. The van der Waals surface area contributed by atoms with E-state index in [9.17, 15) is 13.7 Å². The van der Waals surface area contributed by atoms with Crippen LogP contribution in [0.4, 0.5) is 0 Å². The predicted octanol–water partition coefficient (Wildman–Crippen LogP) is 4.06. The van der Waals surface area contributed by atoms with Crippen molar-refractivity contribution in [3.05, 3.63) is 53.6 Å². The average Bonchev–Trinajstić information content (AvgIpc) is 2.86. The first-order valence-electron chi connectivity index (χ1n) is 8.30. The molecule has 1 fully saturated rings. The molecule has 0 amide bonds. The Morgan fingerprint density at radius 3 is 2.32 bits per heavy atom. The van der Waals surface area contributed by atoms with Gasteiger partial charge in [-0.3, -0.25) is 0 Å². The Hall–Kier alpha value is -1.90. The highest BCUT2D eigenvalue weighted by atomic mass is 32.2. The molecule has 1 unspecified atom stereocenters. The fourth-order valence-electron chi connectivity index (χ4n) is 3.14. The van der Waals surface area contributed by atoms with Crippen LogP contribution in [0.5, 0.6) is 0 Å². The number of nitriles is 1. The lowest BCUT2D eigenvalue weighted by atomic mass is 9.75. The minimum Gasteiger partial charge on any atom is -0.207 e. The van der Waals surface area contributed by atoms with Gasteiger partial charge in [-0.25, -0.2) is 8.42 Å². The van der Waals surface area contributed by atoms with E-state index in [2.05, 4.69) is 12.6 Å². The van der Waals surface area contributed by atoms with Gasteiger partial charge in [0, 0.05) is 24.1 Å². The lowest BCUT2D eigenvalue weighted by Gasteiger charge is -2.27. The van der Waals surface area contributed by atoms with E-state index in [1.165, 1.54) is 4.31 Å². The van der Waals surface area contributed by atoms with E-state index in [-0.39, 0.29) is 16.9 Å². The van der Waals surface area contributed by atoms with E-state index >= 15 is 0 Å². The van der Waals surface area contributed by atoms with Crippen molar-refractivity contribution < 1.29 is 8.42 Å². The molecule has 1 atom stereocenters. The minimum atomic E-state index is -3.61. The van der Waals surface area contributed by atoms with Gasteiger partial charge in [0.2, 0.25) is 10.0 Å².